The molecule has 30 heavy (non-hydrogen) atoms. The number of anilines is 1. The lowest BCUT2D eigenvalue weighted by Crippen LogP contribution is -2.35. The van der Waals surface area contributed by atoms with E-state index in [1.165, 1.54) is 29.6 Å². The Morgan fingerprint density at radius 3 is 2.60 bits per heavy atom. The van der Waals surface area contributed by atoms with Crippen LogP contribution in [0.25, 0.3) is 0 Å². The van der Waals surface area contributed by atoms with Crippen LogP contribution in [0.3, 0.4) is 0 Å². The number of sulfonamides is 1. The average molecular weight is 429 g/mol. The van der Waals surface area contributed by atoms with Crippen LogP contribution in [0.1, 0.15) is 35.2 Å². The zero-order valence-corrected chi connectivity index (χ0v) is 17.5. The van der Waals surface area contributed by atoms with Crippen molar-refractivity contribution in [2.45, 2.75) is 24.2 Å². The highest BCUT2D eigenvalue weighted by Crippen LogP contribution is 2.26. The summed E-state index contributed by atoms with van der Waals surface area (Å²) in [6.07, 6.45) is 2.65. The van der Waals surface area contributed by atoms with Crippen LogP contribution in [0, 0.1) is 11.8 Å². The number of aliphatic hydroxyl groups is 1. The molecule has 0 unspecified atom stereocenters. The van der Waals surface area contributed by atoms with Crippen LogP contribution >= 0.6 is 0 Å². The Labute approximate surface area is 176 Å². The molecule has 0 bridgehead atoms. The van der Waals surface area contributed by atoms with Crippen LogP contribution in [-0.4, -0.2) is 50.5 Å². The molecule has 0 atom stereocenters. The topological polar surface area (TPSA) is 95.9 Å². The summed E-state index contributed by atoms with van der Waals surface area (Å²) in [6.45, 7) is 0.565. The molecule has 1 aliphatic rings. The van der Waals surface area contributed by atoms with Crippen molar-refractivity contribution in [1.82, 2.24) is 4.31 Å². The van der Waals surface area contributed by atoms with Crippen LogP contribution < -0.4 is 10.1 Å². The number of rotatable bonds is 5. The number of carbonyl (C=O) groups excluding carboxylic acids is 1. The highest BCUT2D eigenvalue weighted by molar-refractivity contribution is 7.89. The normalized spacial score (nSPS) is 14.5. The smallest absolute Gasteiger partial charge is 0.257 e. The summed E-state index contributed by atoms with van der Waals surface area (Å²) in [6, 6.07) is 11.2. The van der Waals surface area contributed by atoms with Gasteiger partial charge in [-0.25, -0.2) is 8.42 Å². The second-order valence-corrected chi connectivity index (χ2v) is 8.72. The number of hydrogen-bond acceptors (Lipinski definition) is 5. The van der Waals surface area contributed by atoms with Gasteiger partial charge in [0.15, 0.2) is 0 Å². The second kappa shape index (κ2) is 9.76. The third-order valence-corrected chi connectivity index (χ3v) is 6.74. The second-order valence-electron chi connectivity index (χ2n) is 6.79. The van der Waals surface area contributed by atoms with E-state index >= 15 is 0 Å². The van der Waals surface area contributed by atoms with Crippen LogP contribution in [0.4, 0.5) is 5.69 Å². The van der Waals surface area contributed by atoms with E-state index in [1.54, 1.807) is 24.3 Å². The maximum atomic E-state index is 13.0. The molecule has 7 nitrogen and oxygen atoms in total. The molecular weight excluding hydrogens is 404 g/mol. The number of hydrogen-bond donors (Lipinski definition) is 2. The van der Waals surface area contributed by atoms with Gasteiger partial charge in [0.05, 0.1) is 23.3 Å². The molecule has 1 fully saturated rings. The summed E-state index contributed by atoms with van der Waals surface area (Å²) in [5.41, 5.74) is 0.893. The maximum Gasteiger partial charge on any atom is 0.257 e. The number of benzene rings is 2. The number of methoxy groups -OCH3 is 1. The van der Waals surface area contributed by atoms with Crippen molar-refractivity contribution in [2.75, 3.05) is 32.1 Å². The Morgan fingerprint density at radius 2 is 1.90 bits per heavy atom. The van der Waals surface area contributed by atoms with Gasteiger partial charge in [0.1, 0.15) is 12.4 Å². The lowest BCUT2D eigenvalue weighted by Gasteiger charge is -2.26. The largest absolute Gasteiger partial charge is 0.495 e. The summed E-state index contributed by atoms with van der Waals surface area (Å²) in [5.74, 6) is 5.19. The van der Waals surface area contributed by atoms with Gasteiger partial charge in [0.2, 0.25) is 10.0 Å². The van der Waals surface area contributed by atoms with E-state index < -0.39 is 15.9 Å². The Hall–Kier alpha value is -2.86. The highest BCUT2D eigenvalue weighted by Gasteiger charge is 2.27. The fourth-order valence-electron chi connectivity index (χ4n) is 3.31. The van der Waals surface area contributed by atoms with E-state index in [0.717, 1.165) is 19.3 Å². The molecule has 1 saturated heterocycles. The van der Waals surface area contributed by atoms with Crippen LogP contribution in [-0.2, 0) is 10.0 Å². The third kappa shape index (κ3) is 4.82. The minimum absolute atomic E-state index is 0.0455. The molecular formula is C22H24N2O5S. The van der Waals surface area contributed by atoms with Gasteiger partial charge >= 0.3 is 0 Å². The van der Waals surface area contributed by atoms with Crippen molar-refractivity contribution in [2.24, 2.45) is 0 Å². The summed E-state index contributed by atoms with van der Waals surface area (Å²) in [4.78, 5) is 13.1. The predicted molar refractivity (Wildman–Crippen MR) is 114 cm³/mol. The molecule has 1 aliphatic heterocycles. The minimum Gasteiger partial charge on any atom is -0.495 e. The number of aliphatic hydroxyl groups excluding tert-OH is 1. The molecule has 2 N–H and O–H groups in total. The Kier molecular flexibility index (Phi) is 7.11. The van der Waals surface area contributed by atoms with E-state index in [9.17, 15) is 13.2 Å². The molecule has 2 aromatic carbocycles. The van der Waals surface area contributed by atoms with Gasteiger partial charge in [-0.05, 0) is 43.2 Å². The number of para-hydroxylation sites is 2. The monoisotopic (exact) mass is 428 g/mol. The number of nitrogens with one attached hydrogen (secondary N) is 1. The van der Waals surface area contributed by atoms with E-state index in [4.69, 9.17) is 9.84 Å². The number of nitrogens with zero attached hydrogens (tertiary/aromatic N) is 1. The average Bonchev–Trinajstić information content (AvgIpc) is 2.78. The third-order valence-electron chi connectivity index (χ3n) is 4.85. The van der Waals surface area contributed by atoms with Gasteiger partial charge in [-0.15, -0.1) is 0 Å². The first-order chi connectivity index (χ1) is 14.5. The molecule has 0 aromatic heterocycles. The van der Waals surface area contributed by atoms with Crippen molar-refractivity contribution in [1.29, 1.82) is 0 Å². The number of amides is 1. The van der Waals surface area contributed by atoms with E-state index in [2.05, 4.69) is 17.2 Å². The summed E-state index contributed by atoms with van der Waals surface area (Å²) in [5, 5.41) is 11.8. The molecule has 0 aliphatic carbocycles. The molecule has 2 aromatic rings. The summed E-state index contributed by atoms with van der Waals surface area (Å²) < 4.78 is 32.8. The first kappa shape index (κ1) is 21.8. The molecule has 0 saturated carbocycles. The maximum absolute atomic E-state index is 13.0. The standard InChI is InChI=1S/C22H24N2O5S/c1-29-21-10-4-3-9-20(21)23-22(26)19-16-18(12-11-17(19)8-7-15-25)30(27,28)24-13-5-2-6-14-24/h3-4,9-12,16,25H,2,5-6,13-15H2,1H3,(H,23,26). The Morgan fingerprint density at radius 1 is 1.17 bits per heavy atom. The SMILES string of the molecule is COc1ccccc1NC(=O)c1cc(S(=O)(=O)N2CCCCC2)ccc1C#CCO. The number of ether oxygens (including phenoxy) is 1. The van der Waals surface area contributed by atoms with E-state index in [-0.39, 0.29) is 17.1 Å². The van der Waals surface area contributed by atoms with Crippen molar-refractivity contribution in [3.05, 3.63) is 53.6 Å². The zero-order valence-electron chi connectivity index (χ0n) is 16.7. The van der Waals surface area contributed by atoms with Crippen LogP contribution in [0.5, 0.6) is 5.75 Å². The van der Waals surface area contributed by atoms with E-state index in [1.807, 2.05) is 0 Å². The molecule has 0 spiro atoms. The van der Waals surface area contributed by atoms with E-state index in [0.29, 0.717) is 30.1 Å². The molecule has 1 amide bonds. The quantitative estimate of drug-likeness (QED) is 0.714. The van der Waals surface area contributed by atoms with Crippen molar-refractivity contribution >= 4 is 21.6 Å². The van der Waals surface area contributed by atoms with Crippen LogP contribution in [0.2, 0.25) is 0 Å². The van der Waals surface area contributed by atoms with Gasteiger partial charge in [-0.1, -0.05) is 30.4 Å². The van der Waals surface area contributed by atoms with Crippen molar-refractivity contribution in [3.63, 3.8) is 0 Å². The summed E-state index contributed by atoms with van der Waals surface area (Å²) in [7, 11) is -2.21. The number of piperidine rings is 1. The lowest BCUT2D eigenvalue weighted by molar-refractivity contribution is 0.102. The van der Waals surface area contributed by atoms with Crippen molar-refractivity contribution < 1.29 is 23.1 Å². The Bertz CT molecular complexity index is 1080. The fourth-order valence-corrected chi connectivity index (χ4v) is 4.85. The summed E-state index contributed by atoms with van der Waals surface area (Å²) >= 11 is 0. The van der Waals surface area contributed by atoms with Crippen LogP contribution in [0.15, 0.2) is 47.4 Å². The van der Waals surface area contributed by atoms with Gasteiger partial charge in [-0.3, -0.25) is 4.79 Å². The van der Waals surface area contributed by atoms with Crippen molar-refractivity contribution in [3.8, 4) is 17.6 Å². The van der Waals surface area contributed by atoms with Gasteiger partial charge in [0, 0.05) is 18.7 Å². The first-order valence-electron chi connectivity index (χ1n) is 9.65. The van der Waals surface area contributed by atoms with Gasteiger partial charge in [0.25, 0.3) is 5.91 Å². The minimum atomic E-state index is -3.71. The molecule has 3 rings (SSSR count). The predicted octanol–water partition coefficient (Wildman–Crippen LogP) is 2.47. The highest BCUT2D eigenvalue weighted by atomic mass is 32.2. The molecule has 0 radical (unpaired) electrons. The first-order valence-corrected chi connectivity index (χ1v) is 11.1. The molecule has 1 heterocycles. The number of carbonyl (C=O) groups is 1. The molecule has 8 heteroatoms. The lowest BCUT2D eigenvalue weighted by atomic mass is 10.1. The Balaban J connectivity index is 2.00. The molecule has 158 valence electrons. The zero-order chi connectivity index (χ0) is 21.6. The van der Waals surface area contributed by atoms with Gasteiger partial charge < -0.3 is 15.2 Å². The fraction of sp³-hybridized carbons (Fsp3) is 0.318. The van der Waals surface area contributed by atoms with Gasteiger partial charge in [-0.2, -0.15) is 4.31 Å².